The summed E-state index contributed by atoms with van der Waals surface area (Å²) in [5.41, 5.74) is 0.576. The number of ether oxygens (including phenoxy) is 1. The molecule has 3 nitrogen and oxygen atoms in total. The number of carbonyl (C=O) groups excluding carboxylic acids is 1. The molecule has 0 aliphatic rings. The van der Waals surface area contributed by atoms with Gasteiger partial charge in [-0.3, -0.25) is 4.79 Å². The van der Waals surface area contributed by atoms with Gasteiger partial charge in [0.1, 0.15) is 16.9 Å². The topological polar surface area (TPSA) is 39.4 Å². The predicted molar refractivity (Wildman–Crippen MR) is 158 cm³/mol. The molecule has 4 heteroatoms. The van der Waals surface area contributed by atoms with E-state index < -0.39 is 11.0 Å². The maximum absolute atomic E-state index is 13.7. The number of hydrogen-bond donors (Lipinski definition) is 0. The molecule has 3 aromatic rings. The molecule has 0 aliphatic carbocycles. The molecule has 0 bridgehead atoms. The van der Waals surface area contributed by atoms with Crippen LogP contribution < -0.4 is 0 Å². The second-order valence-corrected chi connectivity index (χ2v) is 16.0. The Labute approximate surface area is 228 Å². The van der Waals surface area contributed by atoms with E-state index in [0.717, 1.165) is 40.0 Å². The Hall–Kier alpha value is -2.20. The molecule has 3 rings (SSSR count). The minimum absolute atomic E-state index is 0.0190. The van der Waals surface area contributed by atoms with Crippen LogP contribution in [0.2, 0.25) is 0 Å². The molecule has 0 fully saturated rings. The molecule has 37 heavy (non-hydrogen) atoms. The number of furan rings is 1. The second-order valence-electron chi connectivity index (χ2n) is 14.2. The molecular formula is C33H46O3S. The van der Waals surface area contributed by atoms with E-state index in [4.69, 9.17) is 9.15 Å². The lowest BCUT2D eigenvalue weighted by Crippen LogP contribution is -2.48. The summed E-state index contributed by atoms with van der Waals surface area (Å²) >= 11 is 1.79. The molecule has 1 unspecified atom stereocenters. The summed E-state index contributed by atoms with van der Waals surface area (Å²) in [6, 6.07) is 18.7. The van der Waals surface area contributed by atoms with Gasteiger partial charge in [-0.1, -0.05) is 85.7 Å². The maximum atomic E-state index is 13.7. The average Bonchev–Trinajstić information content (AvgIpc) is 3.14. The van der Waals surface area contributed by atoms with Gasteiger partial charge in [0.15, 0.2) is 0 Å². The number of hydrogen-bond acceptors (Lipinski definition) is 4. The molecule has 0 aliphatic heterocycles. The van der Waals surface area contributed by atoms with E-state index in [0.29, 0.717) is 0 Å². The van der Waals surface area contributed by atoms with Crippen molar-refractivity contribution >= 4 is 28.7 Å². The number of carbonyl (C=O) groups is 1. The minimum Gasteiger partial charge on any atom is -0.459 e. The fourth-order valence-corrected chi connectivity index (χ4v) is 6.66. The lowest BCUT2D eigenvalue weighted by molar-refractivity contribution is -0.179. The summed E-state index contributed by atoms with van der Waals surface area (Å²) in [4.78, 5) is 14.8. The van der Waals surface area contributed by atoms with Crippen LogP contribution in [0.15, 0.2) is 63.9 Å². The van der Waals surface area contributed by atoms with Crippen LogP contribution in [-0.4, -0.2) is 16.3 Å². The molecule has 0 amide bonds. The molecular weight excluding hydrogens is 476 g/mol. The number of rotatable bonds is 8. The molecule has 0 saturated heterocycles. The van der Waals surface area contributed by atoms with Crippen molar-refractivity contribution in [2.24, 2.45) is 16.2 Å². The van der Waals surface area contributed by atoms with E-state index in [1.807, 2.05) is 32.0 Å². The molecule has 1 heterocycles. The largest absolute Gasteiger partial charge is 0.459 e. The van der Waals surface area contributed by atoms with Crippen LogP contribution in [-0.2, 0) is 9.53 Å². The van der Waals surface area contributed by atoms with Crippen LogP contribution in [0.5, 0.6) is 0 Å². The van der Waals surface area contributed by atoms with Crippen LogP contribution in [0.3, 0.4) is 0 Å². The summed E-state index contributed by atoms with van der Waals surface area (Å²) < 4.78 is 12.3. The minimum atomic E-state index is -0.604. The Morgan fingerprint density at radius 1 is 0.811 bits per heavy atom. The van der Waals surface area contributed by atoms with Gasteiger partial charge in [-0.15, -0.1) is 11.8 Å². The molecule has 0 radical (unpaired) electrons. The Kier molecular flexibility index (Phi) is 8.07. The SMILES string of the molecule is CC(C)(C)CC(C)(C(=O)OC(C)(C)CC(C)(C)Sc1ccc2cc(-c3ccccc3)oc2c1)C(C)(C)C. The Bertz CT molecular complexity index is 1220. The number of fused-ring (bicyclic) bond motifs is 1. The van der Waals surface area contributed by atoms with Gasteiger partial charge in [0.25, 0.3) is 0 Å². The summed E-state index contributed by atoms with van der Waals surface area (Å²) in [6.45, 7) is 23.6. The van der Waals surface area contributed by atoms with Gasteiger partial charge in [0.2, 0.25) is 0 Å². The Morgan fingerprint density at radius 2 is 1.43 bits per heavy atom. The van der Waals surface area contributed by atoms with Gasteiger partial charge in [0, 0.05) is 27.0 Å². The van der Waals surface area contributed by atoms with E-state index >= 15 is 0 Å². The van der Waals surface area contributed by atoms with Crippen LogP contribution in [0.4, 0.5) is 0 Å². The van der Waals surface area contributed by atoms with Crippen molar-refractivity contribution in [1.29, 1.82) is 0 Å². The zero-order valence-electron chi connectivity index (χ0n) is 24.7. The van der Waals surface area contributed by atoms with Crippen LogP contribution >= 0.6 is 11.8 Å². The van der Waals surface area contributed by atoms with Crippen molar-refractivity contribution in [2.75, 3.05) is 0 Å². The lowest BCUT2D eigenvalue weighted by Gasteiger charge is -2.45. The Morgan fingerprint density at radius 3 is 2.00 bits per heavy atom. The third-order valence-corrected chi connectivity index (χ3v) is 8.34. The normalized spacial score (nSPS) is 15.0. The van der Waals surface area contributed by atoms with Gasteiger partial charge in [-0.05, 0) is 62.3 Å². The molecule has 1 aromatic heterocycles. The highest BCUT2D eigenvalue weighted by atomic mass is 32.2. The summed E-state index contributed by atoms with van der Waals surface area (Å²) in [6.07, 6.45) is 1.49. The first kappa shape index (κ1) is 29.4. The van der Waals surface area contributed by atoms with E-state index in [1.54, 1.807) is 11.8 Å². The van der Waals surface area contributed by atoms with Crippen molar-refractivity contribution in [3.8, 4) is 11.3 Å². The number of esters is 1. The van der Waals surface area contributed by atoms with Crippen molar-refractivity contribution in [3.63, 3.8) is 0 Å². The fourth-order valence-electron chi connectivity index (χ4n) is 5.30. The van der Waals surface area contributed by atoms with E-state index in [2.05, 4.69) is 98.7 Å². The van der Waals surface area contributed by atoms with Crippen molar-refractivity contribution in [1.82, 2.24) is 0 Å². The third-order valence-electron chi connectivity index (χ3n) is 7.15. The van der Waals surface area contributed by atoms with Gasteiger partial charge in [-0.2, -0.15) is 0 Å². The zero-order chi connectivity index (χ0) is 27.9. The first-order chi connectivity index (χ1) is 16.8. The van der Waals surface area contributed by atoms with Crippen molar-refractivity contribution in [3.05, 3.63) is 54.6 Å². The highest BCUT2D eigenvalue weighted by Gasteiger charge is 2.49. The van der Waals surface area contributed by atoms with Crippen LogP contribution in [0.25, 0.3) is 22.3 Å². The van der Waals surface area contributed by atoms with E-state index in [-0.39, 0.29) is 21.5 Å². The van der Waals surface area contributed by atoms with Gasteiger partial charge in [-0.25, -0.2) is 0 Å². The average molecular weight is 523 g/mol. The molecule has 0 saturated carbocycles. The zero-order valence-corrected chi connectivity index (χ0v) is 25.6. The second kappa shape index (κ2) is 10.2. The monoisotopic (exact) mass is 522 g/mol. The summed E-state index contributed by atoms with van der Waals surface area (Å²) in [5.74, 6) is 0.772. The molecule has 0 spiro atoms. The number of benzene rings is 2. The maximum Gasteiger partial charge on any atom is 0.312 e. The quantitative estimate of drug-likeness (QED) is 0.218. The highest BCUT2D eigenvalue weighted by Crippen LogP contribution is 2.49. The molecule has 0 N–H and O–H groups in total. The summed E-state index contributed by atoms with van der Waals surface area (Å²) in [7, 11) is 0. The smallest absolute Gasteiger partial charge is 0.312 e. The van der Waals surface area contributed by atoms with Crippen molar-refractivity contribution < 1.29 is 13.9 Å². The first-order valence-corrected chi connectivity index (χ1v) is 14.1. The van der Waals surface area contributed by atoms with E-state index in [9.17, 15) is 4.79 Å². The third kappa shape index (κ3) is 7.44. The van der Waals surface area contributed by atoms with Crippen molar-refractivity contribution in [2.45, 2.75) is 104 Å². The first-order valence-electron chi connectivity index (χ1n) is 13.3. The molecule has 1 atom stereocenters. The summed E-state index contributed by atoms with van der Waals surface area (Å²) in [5, 5.41) is 1.09. The predicted octanol–water partition coefficient (Wildman–Crippen LogP) is 10.2. The van der Waals surface area contributed by atoms with Gasteiger partial charge in [0.05, 0.1) is 5.41 Å². The lowest BCUT2D eigenvalue weighted by atomic mass is 9.61. The van der Waals surface area contributed by atoms with Crippen LogP contribution in [0.1, 0.15) is 89.0 Å². The van der Waals surface area contributed by atoms with Gasteiger partial charge >= 0.3 is 5.97 Å². The molecule has 202 valence electrons. The Balaban J connectivity index is 1.75. The van der Waals surface area contributed by atoms with Crippen LogP contribution in [0, 0.1) is 16.2 Å². The highest BCUT2D eigenvalue weighted by molar-refractivity contribution is 8.00. The number of thioether (sulfide) groups is 1. The fraction of sp³-hybridized carbons (Fsp3) is 0.545. The van der Waals surface area contributed by atoms with E-state index in [1.165, 1.54) is 0 Å². The molecule has 2 aromatic carbocycles. The van der Waals surface area contributed by atoms with Gasteiger partial charge < -0.3 is 9.15 Å². The standard InChI is InChI=1S/C33H46O3S/c1-29(2,3)21-33(11,30(4,5)6)28(34)36-31(7,8)22-32(9,10)37-25-18-17-24-19-26(35-27(24)20-25)23-15-13-12-14-16-23/h12-20H,21-22H2,1-11H3.